The quantitative estimate of drug-likeness (QED) is 0.303. The summed E-state index contributed by atoms with van der Waals surface area (Å²) >= 11 is 0. The minimum absolute atomic E-state index is 0.0559. The van der Waals surface area contributed by atoms with Gasteiger partial charge in [0.15, 0.2) is 11.5 Å². The summed E-state index contributed by atoms with van der Waals surface area (Å²) in [5.74, 6) is -3.04. The third kappa shape index (κ3) is 5.59. The molecule has 38 heavy (non-hydrogen) atoms. The minimum Gasteiger partial charge on any atom is -0.493 e. The van der Waals surface area contributed by atoms with Crippen LogP contribution in [0.5, 0.6) is 11.5 Å². The molecule has 1 fully saturated rings. The smallest absolute Gasteiger partial charge is 0.419 e. The normalized spacial score (nSPS) is 17.1. The molecule has 0 aliphatic heterocycles. The number of alkyl halides is 5. The van der Waals surface area contributed by atoms with E-state index in [9.17, 15) is 26.3 Å². The van der Waals surface area contributed by atoms with Crippen LogP contribution in [-0.2, 0) is 10.9 Å². The van der Waals surface area contributed by atoms with Gasteiger partial charge in [-0.05, 0) is 26.0 Å². The molecule has 206 valence electrons. The zero-order valence-corrected chi connectivity index (χ0v) is 21.2. The van der Waals surface area contributed by atoms with Crippen LogP contribution in [-0.4, -0.2) is 43.3 Å². The summed E-state index contributed by atoms with van der Waals surface area (Å²) in [7, 11) is 2.85. The van der Waals surface area contributed by atoms with Gasteiger partial charge in [0.05, 0.1) is 37.4 Å². The van der Waals surface area contributed by atoms with Gasteiger partial charge in [-0.2, -0.15) is 13.2 Å². The zero-order valence-electron chi connectivity index (χ0n) is 21.2. The molecule has 0 saturated heterocycles. The van der Waals surface area contributed by atoms with Gasteiger partial charge < -0.3 is 19.5 Å². The van der Waals surface area contributed by atoms with E-state index in [1.165, 1.54) is 27.2 Å². The van der Waals surface area contributed by atoms with E-state index in [2.05, 4.69) is 15.3 Å². The number of nitrogens with one attached hydrogen (secondary N) is 1. The standard InChI is InChI=1S/C26H27F6N3O3/c1-14(16-6-5-7-18(22(16)27)26(30,31)32)33-23-17-8-21(20(37-4)9-19(17)34-15(2)35-23)38-13-24(12-36-3)10-25(28,29)11-24/h5-9,14H,10-13H2,1-4H3,(H,33,34,35)/t14-/m1/s1. The molecule has 1 saturated carbocycles. The first kappa shape index (κ1) is 27.7. The van der Waals surface area contributed by atoms with Gasteiger partial charge in [0.25, 0.3) is 0 Å². The lowest BCUT2D eigenvalue weighted by Gasteiger charge is -2.46. The number of methoxy groups -OCH3 is 2. The van der Waals surface area contributed by atoms with Crippen molar-refractivity contribution in [3.8, 4) is 11.5 Å². The number of aromatic nitrogens is 2. The van der Waals surface area contributed by atoms with E-state index in [1.54, 1.807) is 19.1 Å². The molecule has 0 unspecified atom stereocenters. The fraction of sp³-hybridized carbons (Fsp3) is 0.462. The Balaban J connectivity index is 1.67. The molecule has 1 heterocycles. The highest BCUT2D eigenvalue weighted by Crippen LogP contribution is 2.52. The van der Waals surface area contributed by atoms with Crippen molar-refractivity contribution < 1.29 is 40.6 Å². The first-order valence-electron chi connectivity index (χ1n) is 11.8. The molecule has 1 aromatic heterocycles. The summed E-state index contributed by atoms with van der Waals surface area (Å²) in [5, 5.41) is 3.40. The Labute approximate surface area is 215 Å². The number of hydrogen-bond acceptors (Lipinski definition) is 6. The Morgan fingerprint density at radius 2 is 1.76 bits per heavy atom. The molecule has 0 amide bonds. The van der Waals surface area contributed by atoms with Crippen LogP contribution >= 0.6 is 0 Å². The van der Waals surface area contributed by atoms with Gasteiger partial charge in [0.1, 0.15) is 17.5 Å². The number of hydrogen-bond donors (Lipinski definition) is 1. The number of benzene rings is 2. The molecule has 1 aliphatic rings. The largest absolute Gasteiger partial charge is 0.493 e. The number of aryl methyl sites for hydroxylation is 1. The van der Waals surface area contributed by atoms with Gasteiger partial charge in [0.2, 0.25) is 5.92 Å². The van der Waals surface area contributed by atoms with Crippen molar-refractivity contribution in [3.63, 3.8) is 0 Å². The van der Waals surface area contributed by atoms with E-state index in [4.69, 9.17) is 14.2 Å². The second-order valence-electron chi connectivity index (χ2n) is 9.64. The lowest BCUT2D eigenvalue weighted by Crippen LogP contribution is -2.52. The molecule has 0 bridgehead atoms. The topological polar surface area (TPSA) is 65.5 Å². The maximum absolute atomic E-state index is 14.8. The van der Waals surface area contributed by atoms with Crippen LogP contribution < -0.4 is 14.8 Å². The first-order valence-corrected chi connectivity index (χ1v) is 11.8. The van der Waals surface area contributed by atoms with E-state index < -0.39 is 34.9 Å². The van der Waals surface area contributed by atoms with Crippen molar-refractivity contribution in [1.82, 2.24) is 9.97 Å². The fourth-order valence-electron chi connectivity index (χ4n) is 4.85. The summed E-state index contributed by atoms with van der Waals surface area (Å²) in [6.07, 6.45) is -5.59. The predicted octanol–water partition coefficient (Wildman–Crippen LogP) is 6.72. The second-order valence-corrected chi connectivity index (χ2v) is 9.64. The Morgan fingerprint density at radius 3 is 2.37 bits per heavy atom. The number of anilines is 1. The lowest BCUT2D eigenvalue weighted by molar-refractivity contribution is -0.190. The van der Waals surface area contributed by atoms with Crippen molar-refractivity contribution in [1.29, 1.82) is 0 Å². The first-order chi connectivity index (χ1) is 17.8. The van der Waals surface area contributed by atoms with Crippen molar-refractivity contribution in [2.24, 2.45) is 5.41 Å². The number of halogens is 6. The highest BCUT2D eigenvalue weighted by Gasteiger charge is 2.57. The van der Waals surface area contributed by atoms with Crippen molar-refractivity contribution in [3.05, 3.63) is 53.1 Å². The SMILES string of the molecule is COCC1(COc2cc3c(N[C@H](C)c4cccc(C(F)(F)F)c4F)nc(C)nc3cc2OC)CC(F)(F)C1. The van der Waals surface area contributed by atoms with E-state index in [0.29, 0.717) is 28.5 Å². The fourth-order valence-corrected chi connectivity index (χ4v) is 4.85. The van der Waals surface area contributed by atoms with Crippen LogP contribution in [0, 0.1) is 18.2 Å². The third-order valence-electron chi connectivity index (χ3n) is 6.50. The Kier molecular flexibility index (Phi) is 7.39. The van der Waals surface area contributed by atoms with Gasteiger partial charge in [-0.25, -0.2) is 23.1 Å². The monoisotopic (exact) mass is 543 g/mol. The van der Waals surface area contributed by atoms with Gasteiger partial charge in [0, 0.05) is 42.4 Å². The third-order valence-corrected chi connectivity index (χ3v) is 6.50. The average Bonchev–Trinajstić information content (AvgIpc) is 2.80. The summed E-state index contributed by atoms with van der Waals surface area (Å²) < 4.78 is 98.2. The molecule has 1 N–H and O–H groups in total. The number of ether oxygens (including phenoxy) is 3. The maximum Gasteiger partial charge on any atom is 0.419 e. The summed E-state index contributed by atoms with van der Waals surface area (Å²) in [4.78, 5) is 8.75. The number of fused-ring (bicyclic) bond motifs is 1. The summed E-state index contributed by atoms with van der Waals surface area (Å²) in [6, 6.07) is 5.32. The highest BCUT2D eigenvalue weighted by molar-refractivity contribution is 5.92. The molecule has 0 radical (unpaired) electrons. The number of nitrogens with zero attached hydrogens (tertiary/aromatic N) is 2. The van der Waals surface area contributed by atoms with Gasteiger partial charge in [-0.1, -0.05) is 12.1 Å². The second kappa shape index (κ2) is 10.1. The molecule has 12 heteroatoms. The molecule has 4 rings (SSSR count). The minimum atomic E-state index is -4.84. The van der Waals surface area contributed by atoms with Gasteiger partial charge >= 0.3 is 6.18 Å². The molecular weight excluding hydrogens is 516 g/mol. The molecule has 1 aliphatic carbocycles. The molecule has 2 aromatic carbocycles. The van der Waals surface area contributed by atoms with E-state index in [1.807, 2.05) is 0 Å². The van der Waals surface area contributed by atoms with Gasteiger partial charge in [-0.15, -0.1) is 0 Å². The van der Waals surface area contributed by atoms with Crippen LogP contribution in [0.15, 0.2) is 30.3 Å². The molecule has 0 spiro atoms. The van der Waals surface area contributed by atoms with E-state index >= 15 is 0 Å². The van der Waals surface area contributed by atoms with Crippen molar-refractivity contribution >= 4 is 16.7 Å². The summed E-state index contributed by atoms with van der Waals surface area (Å²) in [6.45, 7) is 3.17. The average molecular weight is 544 g/mol. The van der Waals surface area contributed by atoms with Crippen LogP contribution in [0.3, 0.4) is 0 Å². The molecule has 3 aromatic rings. The Morgan fingerprint density at radius 1 is 1.05 bits per heavy atom. The predicted molar refractivity (Wildman–Crippen MR) is 128 cm³/mol. The molecular formula is C26H27F6N3O3. The highest BCUT2D eigenvalue weighted by atomic mass is 19.4. The Hall–Kier alpha value is -3.28. The van der Waals surface area contributed by atoms with Crippen LogP contribution in [0.2, 0.25) is 0 Å². The molecule has 1 atom stereocenters. The molecule has 6 nitrogen and oxygen atoms in total. The summed E-state index contributed by atoms with van der Waals surface area (Å²) in [5.41, 5.74) is -1.98. The van der Waals surface area contributed by atoms with Crippen LogP contribution in [0.1, 0.15) is 42.8 Å². The van der Waals surface area contributed by atoms with Gasteiger partial charge in [-0.3, -0.25) is 0 Å². The van der Waals surface area contributed by atoms with Crippen LogP contribution in [0.4, 0.5) is 32.2 Å². The van der Waals surface area contributed by atoms with Crippen molar-refractivity contribution in [2.45, 2.75) is 44.8 Å². The van der Waals surface area contributed by atoms with Crippen LogP contribution in [0.25, 0.3) is 10.9 Å². The number of rotatable bonds is 9. The Bertz CT molecular complexity index is 1320. The van der Waals surface area contributed by atoms with E-state index in [-0.39, 0.29) is 43.2 Å². The van der Waals surface area contributed by atoms with E-state index in [0.717, 1.165) is 6.07 Å². The maximum atomic E-state index is 14.8. The van der Waals surface area contributed by atoms with Crippen molar-refractivity contribution in [2.75, 3.05) is 32.8 Å². The zero-order chi connectivity index (χ0) is 27.9. The lowest BCUT2D eigenvalue weighted by atomic mass is 9.67.